The Morgan fingerprint density at radius 1 is 0.846 bits per heavy atom. The molecule has 5 rings (SSSR count). The second kappa shape index (κ2) is 10.4. The molecule has 0 radical (unpaired) electrons. The number of carbonyl (C=O) groups is 2. The van der Waals surface area contributed by atoms with Crippen molar-refractivity contribution in [2.45, 2.75) is 18.0 Å². The first-order valence-electron chi connectivity index (χ1n) is 11.7. The van der Waals surface area contributed by atoms with Crippen molar-refractivity contribution < 1.29 is 27.2 Å². The first kappa shape index (κ1) is 26.7. The fourth-order valence-corrected chi connectivity index (χ4v) is 5.17. The highest BCUT2D eigenvalue weighted by molar-refractivity contribution is 6.41. The Labute approximate surface area is 230 Å². The molecule has 0 fully saturated rings. The van der Waals surface area contributed by atoms with Crippen molar-refractivity contribution in [2.75, 3.05) is 4.90 Å². The maximum atomic E-state index is 14.7. The lowest BCUT2D eigenvalue weighted by atomic mass is 9.91. The summed E-state index contributed by atoms with van der Waals surface area (Å²) in [7, 11) is 0. The number of nitrogens with one attached hydrogen (secondary N) is 1. The minimum absolute atomic E-state index is 0.0445. The molecule has 4 aromatic carbocycles. The number of alkyl halides is 1. The van der Waals surface area contributed by atoms with Gasteiger partial charge in [-0.05, 0) is 29.8 Å². The van der Waals surface area contributed by atoms with Gasteiger partial charge in [-0.2, -0.15) is 0 Å². The Morgan fingerprint density at radius 3 is 2.21 bits per heavy atom. The van der Waals surface area contributed by atoms with E-state index in [9.17, 15) is 27.2 Å². The lowest BCUT2D eigenvalue weighted by Crippen LogP contribution is -2.37. The van der Waals surface area contributed by atoms with E-state index in [1.165, 1.54) is 41.3 Å². The van der Waals surface area contributed by atoms with Crippen LogP contribution in [-0.4, -0.2) is 11.8 Å². The number of hydrogen-bond donors (Lipinski definition) is 1. The van der Waals surface area contributed by atoms with Gasteiger partial charge in [-0.3, -0.25) is 9.59 Å². The van der Waals surface area contributed by atoms with Crippen LogP contribution in [0.25, 0.3) is 0 Å². The molecule has 0 saturated carbocycles. The number of halogens is 6. The van der Waals surface area contributed by atoms with Gasteiger partial charge >= 0.3 is 0 Å². The predicted octanol–water partition coefficient (Wildman–Crippen LogP) is 6.86. The molecule has 10 heteroatoms. The SMILES string of the molecule is O=C(NCc1c(F)cc(F)cc1F)c1ccc2c(c1)N(Cc1c(F)cccc1Cl)C(=O)C2(Cl)c1ccccc1. The molecule has 1 heterocycles. The molecule has 0 saturated heterocycles. The molecule has 198 valence electrons. The lowest BCUT2D eigenvalue weighted by Gasteiger charge is -2.23. The van der Waals surface area contributed by atoms with Gasteiger partial charge in [-0.25, -0.2) is 17.6 Å². The summed E-state index contributed by atoms with van der Waals surface area (Å²) in [6.07, 6.45) is 0. The highest BCUT2D eigenvalue weighted by atomic mass is 35.5. The van der Waals surface area contributed by atoms with Gasteiger partial charge < -0.3 is 10.2 Å². The number of carbonyl (C=O) groups excluding carboxylic acids is 2. The van der Waals surface area contributed by atoms with Crippen LogP contribution in [0.2, 0.25) is 5.02 Å². The minimum Gasteiger partial charge on any atom is -0.348 e. The Kier molecular flexibility index (Phi) is 7.09. The minimum atomic E-state index is -1.66. The summed E-state index contributed by atoms with van der Waals surface area (Å²) in [5.41, 5.74) is 0.665. The summed E-state index contributed by atoms with van der Waals surface area (Å²) in [4.78, 5) is 26.3. The van der Waals surface area contributed by atoms with Crippen molar-refractivity contribution in [1.82, 2.24) is 5.32 Å². The zero-order chi connectivity index (χ0) is 27.9. The van der Waals surface area contributed by atoms with Crippen LogP contribution < -0.4 is 10.2 Å². The Balaban J connectivity index is 1.53. The summed E-state index contributed by atoms with van der Waals surface area (Å²) < 4.78 is 55.9. The second-order valence-corrected chi connectivity index (χ2v) is 9.85. The summed E-state index contributed by atoms with van der Waals surface area (Å²) in [5, 5.41) is 2.50. The van der Waals surface area contributed by atoms with Crippen molar-refractivity contribution in [1.29, 1.82) is 0 Å². The van der Waals surface area contributed by atoms with Crippen LogP contribution in [0, 0.1) is 23.3 Å². The topological polar surface area (TPSA) is 49.4 Å². The monoisotopic (exact) mass is 572 g/mol. The summed E-state index contributed by atoms with van der Waals surface area (Å²) in [6, 6.07) is 18.0. The Bertz CT molecular complexity index is 1570. The maximum absolute atomic E-state index is 14.7. The molecule has 1 unspecified atom stereocenters. The zero-order valence-electron chi connectivity index (χ0n) is 20.0. The molecule has 1 aliphatic heterocycles. The van der Waals surface area contributed by atoms with E-state index < -0.39 is 52.1 Å². The average Bonchev–Trinajstić information content (AvgIpc) is 3.12. The van der Waals surface area contributed by atoms with Crippen LogP contribution in [0.3, 0.4) is 0 Å². The Hall–Kier alpha value is -3.88. The van der Waals surface area contributed by atoms with Crippen LogP contribution >= 0.6 is 23.2 Å². The smallest absolute Gasteiger partial charge is 0.257 e. The molecule has 0 aromatic heterocycles. The van der Waals surface area contributed by atoms with Crippen LogP contribution in [0.4, 0.5) is 23.2 Å². The van der Waals surface area contributed by atoms with Crippen LogP contribution in [0.1, 0.15) is 32.6 Å². The summed E-state index contributed by atoms with van der Waals surface area (Å²) in [6.45, 7) is -0.819. The van der Waals surface area contributed by atoms with E-state index in [1.807, 2.05) is 0 Å². The normalized spacial score (nSPS) is 16.4. The van der Waals surface area contributed by atoms with Crippen molar-refractivity contribution >= 4 is 40.7 Å². The fraction of sp³-hybridized carbons (Fsp3) is 0.103. The average molecular weight is 573 g/mol. The summed E-state index contributed by atoms with van der Waals surface area (Å²) >= 11 is 13.2. The van der Waals surface area contributed by atoms with E-state index in [0.717, 1.165) is 0 Å². The van der Waals surface area contributed by atoms with Gasteiger partial charge in [0.25, 0.3) is 11.8 Å². The molecule has 0 aliphatic carbocycles. The van der Waals surface area contributed by atoms with Crippen LogP contribution in [0.15, 0.2) is 78.9 Å². The number of fused-ring (bicyclic) bond motifs is 1. The first-order valence-corrected chi connectivity index (χ1v) is 12.4. The molecule has 39 heavy (non-hydrogen) atoms. The lowest BCUT2D eigenvalue weighted by molar-refractivity contribution is -0.119. The molecule has 1 aliphatic rings. The van der Waals surface area contributed by atoms with Crippen LogP contribution in [-0.2, 0) is 22.8 Å². The van der Waals surface area contributed by atoms with E-state index in [0.29, 0.717) is 23.3 Å². The third kappa shape index (κ3) is 4.75. The molecule has 0 bridgehead atoms. The second-order valence-electron chi connectivity index (χ2n) is 8.88. The number of benzene rings is 4. The van der Waals surface area contributed by atoms with E-state index in [2.05, 4.69) is 5.32 Å². The molecular formula is C29H18Cl2F4N2O2. The van der Waals surface area contributed by atoms with E-state index in [1.54, 1.807) is 30.3 Å². The Morgan fingerprint density at radius 2 is 1.54 bits per heavy atom. The molecule has 4 aromatic rings. The number of hydrogen-bond acceptors (Lipinski definition) is 2. The molecular weight excluding hydrogens is 555 g/mol. The van der Waals surface area contributed by atoms with Gasteiger partial charge in [0.15, 0.2) is 4.87 Å². The number of amides is 2. The largest absolute Gasteiger partial charge is 0.348 e. The molecule has 1 atom stereocenters. The third-order valence-electron chi connectivity index (χ3n) is 6.54. The van der Waals surface area contributed by atoms with Gasteiger partial charge in [0.05, 0.1) is 12.2 Å². The number of nitrogens with zero attached hydrogens (tertiary/aromatic N) is 1. The van der Waals surface area contributed by atoms with E-state index >= 15 is 0 Å². The molecule has 2 amide bonds. The summed E-state index contributed by atoms with van der Waals surface area (Å²) in [5.74, 6) is -5.28. The van der Waals surface area contributed by atoms with Gasteiger partial charge in [0.2, 0.25) is 0 Å². The van der Waals surface area contributed by atoms with Crippen molar-refractivity contribution in [3.8, 4) is 0 Å². The zero-order valence-corrected chi connectivity index (χ0v) is 21.5. The number of rotatable bonds is 6. The highest BCUT2D eigenvalue weighted by Crippen LogP contribution is 2.50. The van der Waals surface area contributed by atoms with Crippen molar-refractivity contribution in [2.24, 2.45) is 0 Å². The van der Waals surface area contributed by atoms with Crippen molar-refractivity contribution in [3.63, 3.8) is 0 Å². The molecule has 0 spiro atoms. The number of anilines is 1. The highest BCUT2D eigenvalue weighted by Gasteiger charge is 2.51. The van der Waals surface area contributed by atoms with Gasteiger partial charge in [0, 0.05) is 46.0 Å². The van der Waals surface area contributed by atoms with Gasteiger partial charge in [-0.15, -0.1) is 0 Å². The van der Waals surface area contributed by atoms with Gasteiger partial charge in [0.1, 0.15) is 23.3 Å². The molecule has 4 nitrogen and oxygen atoms in total. The first-order chi connectivity index (χ1) is 18.6. The van der Waals surface area contributed by atoms with Crippen molar-refractivity contribution in [3.05, 3.63) is 135 Å². The standard InChI is InChI=1S/C29H18Cl2F4N2O2/c30-22-7-4-8-23(33)20(22)15-37-26-11-16(27(38)36-14-19-24(34)12-18(32)13-25(19)35)9-10-21(26)29(31,28(37)39)17-5-2-1-3-6-17/h1-13H,14-15H2,(H,36,38). The fourth-order valence-electron chi connectivity index (χ4n) is 4.56. The maximum Gasteiger partial charge on any atom is 0.257 e. The van der Waals surface area contributed by atoms with Crippen LogP contribution in [0.5, 0.6) is 0 Å². The van der Waals surface area contributed by atoms with E-state index in [4.69, 9.17) is 23.2 Å². The predicted molar refractivity (Wildman–Crippen MR) is 140 cm³/mol. The van der Waals surface area contributed by atoms with E-state index in [-0.39, 0.29) is 28.4 Å². The van der Waals surface area contributed by atoms with Gasteiger partial charge in [-0.1, -0.05) is 65.7 Å². The molecule has 1 N–H and O–H groups in total. The third-order valence-corrected chi connectivity index (χ3v) is 7.48. The quantitative estimate of drug-likeness (QED) is 0.203.